The van der Waals surface area contributed by atoms with Crippen LogP contribution >= 0.6 is 0 Å². The van der Waals surface area contributed by atoms with Gasteiger partial charge >= 0.3 is 6.01 Å². The van der Waals surface area contributed by atoms with E-state index in [0.29, 0.717) is 38.3 Å². The minimum absolute atomic E-state index is 0.305. The Balaban J connectivity index is 1.49. The molecule has 4 rings (SSSR count). The number of aromatic amines is 1. The number of nitrogens with one attached hydrogen (secondary N) is 2. The van der Waals surface area contributed by atoms with Crippen LogP contribution in [0.25, 0.3) is 10.9 Å². The summed E-state index contributed by atoms with van der Waals surface area (Å²) in [7, 11) is 0. The van der Waals surface area contributed by atoms with Crippen LogP contribution in [0.1, 0.15) is 25.1 Å². The molecule has 36 heavy (non-hydrogen) atoms. The van der Waals surface area contributed by atoms with Gasteiger partial charge in [0.1, 0.15) is 30.6 Å². The number of aryl methyl sites for hydroxylation is 2. The second-order valence-corrected chi connectivity index (χ2v) is 8.82. The maximum atomic E-state index is 5.91. The molecule has 1 fully saturated rings. The van der Waals surface area contributed by atoms with Crippen molar-refractivity contribution in [3.63, 3.8) is 0 Å². The molecular formula is C28H35N5O3. The Morgan fingerprint density at radius 3 is 2.72 bits per heavy atom. The third kappa shape index (κ3) is 6.46. The van der Waals surface area contributed by atoms with Gasteiger partial charge in [-0.25, -0.2) is 0 Å². The normalized spacial score (nSPS) is 14.4. The van der Waals surface area contributed by atoms with E-state index in [1.54, 1.807) is 0 Å². The molecule has 0 bridgehead atoms. The summed E-state index contributed by atoms with van der Waals surface area (Å²) < 4.78 is 17.2. The van der Waals surface area contributed by atoms with Gasteiger partial charge in [0.15, 0.2) is 0 Å². The molecule has 0 atom stereocenters. The fourth-order valence-corrected chi connectivity index (χ4v) is 3.93. The first-order valence-corrected chi connectivity index (χ1v) is 12.3. The molecule has 2 N–H and O–H groups in total. The van der Waals surface area contributed by atoms with Crippen molar-refractivity contribution in [3.05, 3.63) is 71.7 Å². The van der Waals surface area contributed by atoms with Gasteiger partial charge in [0.2, 0.25) is 0 Å². The van der Waals surface area contributed by atoms with Crippen molar-refractivity contribution in [1.82, 2.24) is 15.0 Å². The van der Waals surface area contributed by atoms with Crippen LogP contribution in [0.2, 0.25) is 0 Å². The molecule has 1 aromatic carbocycles. The predicted octanol–water partition coefficient (Wildman–Crippen LogP) is 5.59. The first-order valence-electron chi connectivity index (χ1n) is 12.3. The van der Waals surface area contributed by atoms with Gasteiger partial charge in [0.05, 0.1) is 13.2 Å². The highest BCUT2D eigenvalue weighted by molar-refractivity contribution is 5.88. The fraction of sp³-hybridized carbons (Fsp3) is 0.357. The third-order valence-electron chi connectivity index (χ3n) is 6.01. The van der Waals surface area contributed by atoms with Crippen LogP contribution in [0.3, 0.4) is 0 Å². The SMILES string of the molecule is C=C(C)/C=C\C(=C/C)OCCOc1nc(Nc2ccc3[nH]c(C)c(C)c3c2)cc(N2CCOCC2)n1. The van der Waals surface area contributed by atoms with Crippen molar-refractivity contribution in [1.29, 1.82) is 0 Å². The number of morpholine rings is 1. The molecule has 1 saturated heterocycles. The minimum Gasteiger partial charge on any atom is -0.490 e. The van der Waals surface area contributed by atoms with Gasteiger partial charge in [-0.1, -0.05) is 18.2 Å². The molecule has 1 aliphatic heterocycles. The molecule has 0 aliphatic carbocycles. The summed E-state index contributed by atoms with van der Waals surface area (Å²) in [6.07, 6.45) is 5.71. The summed E-state index contributed by atoms with van der Waals surface area (Å²) in [5.74, 6) is 2.24. The Morgan fingerprint density at radius 1 is 1.17 bits per heavy atom. The minimum atomic E-state index is 0.305. The number of fused-ring (bicyclic) bond motifs is 1. The van der Waals surface area contributed by atoms with Gasteiger partial charge in [-0.2, -0.15) is 9.97 Å². The summed E-state index contributed by atoms with van der Waals surface area (Å²) in [6.45, 7) is 15.5. The van der Waals surface area contributed by atoms with Crippen molar-refractivity contribution >= 4 is 28.2 Å². The highest BCUT2D eigenvalue weighted by Crippen LogP contribution is 2.28. The molecule has 0 unspecified atom stereocenters. The summed E-state index contributed by atoms with van der Waals surface area (Å²) in [6, 6.07) is 8.52. The fourth-order valence-electron chi connectivity index (χ4n) is 3.93. The number of allylic oxidation sites excluding steroid dienone is 4. The smallest absolute Gasteiger partial charge is 0.320 e. The van der Waals surface area contributed by atoms with Crippen LogP contribution in [0.4, 0.5) is 17.3 Å². The molecule has 0 spiro atoms. The Hall–Kier alpha value is -3.78. The van der Waals surface area contributed by atoms with Gasteiger partial charge in [0.25, 0.3) is 0 Å². The van der Waals surface area contributed by atoms with Crippen LogP contribution in [-0.4, -0.2) is 54.5 Å². The van der Waals surface area contributed by atoms with Gasteiger partial charge in [-0.05, 0) is 63.6 Å². The van der Waals surface area contributed by atoms with Crippen molar-refractivity contribution in [2.75, 3.05) is 49.7 Å². The summed E-state index contributed by atoms with van der Waals surface area (Å²) in [5, 5.41) is 4.63. The number of hydrogen-bond acceptors (Lipinski definition) is 7. The highest BCUT2D eigenvalue weighted by atomic mass is 16.5. The van der Waals surface area contributed by atoms with Gasteiger partial charge < -0.3 is 29.4 Å². The molecule has 190 valence electrons. The van der Waals surface area contributed by atoms with Crippen LogP contribution < -0.4 is 15.0 Å². The van der Waals surface area contributed by atoms with E-state index in [9.17, 15) is 0 Å². The lowest BCUT2D eigenvalue weighted by Crippen LogP contribution is -2.36. The molecule has 3 heterocycles. The van der Waals surface area contributed by atoms with Crippen LogP contribution in [0.15, 0.2) is 60.4 Å². The molecule has 1 aliphatic rings. The van der Waals surface area contributed by atoms with E-state index in [-0.39, 0.29) is 0 Å². The van der Waals surface area contributed by atoms with E-state index in [4.69, 9.17) is 14.2 Å². The number of nitrogens with zero attached hydrogens (tertiary/aromatic N) is 3. The molecule has 2 aromatic heterocycles. The lowest BCUT2D eigenvalue weighted by molar-refractivity contribution is 0.122. The number of H-pyrrole nitrogens is 1. The second kappa shape index (κ2) is 11.8. The number of rotatable bonds is 10. The molecule has 3 aromatic rings. The van der Waals surface area contributed by atoms with Crippen molar-refractivity contribution < 1.29 is 14.2 Å². The predicted molar refractivity (Wildman–Crippen MR) is 145 cm³/mol. The summed E-state index contributed by atoms with van der Waals surface area (Å²) in [4.78, 5) is 14.9. The lowest BCUT2D eigenvalue weighted by Gasteiger charge is -2.28. The van der Waals surface area contributed by atoms with Crippen LogP contribution in [0, 0.1) is 13.8 Å². The van der Waals surface area contributed by atoms with E-state index in [1.807, 2.05) is 44.2 Å². The molecule has 0 saturated carbocycles. The molecule has 8 heteroatoms. The zero-order valence-corrected chi connectivity index (χ0v) is 21.6. The monoisotopic (exact) mass is 489 g/mol. The summed E-state index contributed by atoms with van der Waals surface area (Å²) in [5.41, 5.74) is 5.45. The maximum Gasteiger partial charge on any atom is 0.320 e. The Morgan fingerprint density at radius 2 is 1.97 bits per heavy atom. The van der Waals surface area contributed by atoms with E-state index < -0.39 is 0 Å². The Kier molecular flexibility index (Phi) is 8.28. The number of benzene rings is 1. The average Bonchev–Trinajstić information content (AvgIpc) is 3.16. The van der Waals surface area contributed by atoms with E-state index in [0.717, 1.165) is 41.4 Å². The summed E-state index contributed by atoms with van der Waals surface area (Å²) >= 11 is 0. The number of hydrogen-bond donors (Lipinski definition) is 2. The Bertz CT molecular complexity index is 1270. The lowest BCUT2D eigenvalue weighted by atomic mass is 10.1. The zero-order valence-electron chi connectivity index (χ0n) is 21.6. The van der Waals surface area contributed by atoms with Crippen molar-refractivity contribution in [2.45, 2.75) is 27.7 Å². The van der Waals surface area contributed by atoms with E-state index >= 15 is 0 Å². The van der Waals surface area contributed by atoms with Crippen molar-refractivity contribution in [2.24, 2.45) is 0 Å². The second-order valence-electron chi connectivity index (χ2n) is 8.82. The van der Waals surface area contributed by atoms with E-state index in [2.05, 4.69) is 57.7 Å². The number of anilines is 3. The first kappa shape index (κ1) is 25.3. The van der Waals surface area contributed by atoms with Gasteiger partial charge in [0, 0.05) is 41.4 Å². The van der Waals surface area contributed by atoms with Crippen molar-refractivity contribution in [3.8, 4) is 6.01 Å². The van der Waals surface area contributed by atoms with Gasteiger partial charge in [-0.15, -0.1) is 0 Å². The number of aromatic nitrogens is 3. The molecule has 0 amide bonds. The topological polar surface area (TPSA) is 84.5 Å². The Labute approximate surface area is 212 Å². The largest absolute Gasteiger partial charge is 0.490 e. The quantitative estimate of drug-likeness (QED) is 0.218. The molecular weight excluding hydrogens is 454 g/mol. The zero-order chi connectivity index (χ0) is 25.5. The first-order chi connectivity index (χ1) is 17.4. The average molecular weight is 490 g/mol. The number of ether oxygens (including phenoxy) is 3. The molecule has 8 nitrogen and oxygen atoms in total. The maximum absolute atomic E-state index is 5.91. The highest BCUT2D eigenvalue weighted by Gasteiger charge is 2.16. The van der Waals surface area contributed by atoms with Crippen LogP contribution in [0.5, 0.6) is 6.01 Å². The van der Waals surface area contributed by atoms with Crippen LogP contribution in [-0.2, 0) is 9.47 Å². The standard InChI is InChI=1S/C28H35N5O3/c1-6-23(9-7-19(2)3)35-15-16-36-28-31-26(18-27(32-28)33-11-13-34-14-12-33)30-22-8-10-25-24(17-22)20(4)21(5)29-25/h6-10,17-18,29H,2,11-16H2,1,3-5H3,(H,30,31,32)/b9-7-,23-6+. The third-order valence-corrected chi connectivity index (χ3v) is 6.01. The van der Waals surface area contributed by atoms with Gasteiger partial charge in [-0.3, -0.25) is 0 Å². The van der Waals surface area contributed by atoms with E-state index in [1.165, 1.54) is 16.6 Å². The molecule has 0 radical (unpaired) electrons.